The van der Waals surface area contributed by atoms with Gasteiger partial charge in [-0.25, -0.2) is 4.79 Å². The molecule has 4 heteroatoms. The maximum atomic E-state index is 11.7. The van der Waals surface area contributed by atoms with Gasteiger partial charge in [0, 0.05) is 5.69 Å². The number of amides is 1. The molecule has 0 saturated heterocycles. The summed E-state index contributed by atoms with van der Waals surface area (Å²) in [5.74, 6) is 0.723. The summed E-state index contributed by atoms with van der Waals surface area (Å²) < 4.78 is 5.22. The molecule has 1 amide bonds. The highest BCUT2D eigenvalue weighted by Gasteiger charge is 2.15. The summed E-state index contributed by atoms with van der Waals surface area (Å²) in [4.78, 5) is 11.7. The maximum absolute atomic E-state index is 11.7. The van der Waals surface area contributed by atoms with Crippen LogP contribution < -0.4 is 10.6 Å². The van der Waals surface area contributed by atoms with Crippen molar-refractivity contribution in [1.29, 1.82) is 0 Å². The minimum absolute atomic E-state index is 0.421. The Balaban J connectivity index is 2.35. The number of ether oxygens (including phenoxy) is 1. The van der Waals surface area contributed by atoms with Crippen LogP contribution >= 0.6 is 0 Å². The van der Waals surface area contributed by atoms with Crippen molar-refractivity contribution >= 4 is 11.8 Å². The number of carbonyl (C=O) groups is 1. The highest BCUT2D eigenvalue weighted by Crippen LogP contribution is 2.13. The van der Waals surface area contributed by atoms with Crippen molar-refractivity contribution in [1.82, 2.24) is 5.32 Å². The molecule has 0 aliphatic heterocycles. The number of nitrogens with one attached hydrogen (secondary N) is 2. The van der Waals surface area contributed by atoms with Crippen molar-refractivity contribution in [3.05, 3.63) is 29.8 Å². The fourth-order valence-electron chi connectivity index (χ4n) is 1.90. The lowest BCUT2D eigenvalue weighted by molar-refractivity contribution is 0.0636. The first kappa shape index (κ1) is 18.5. The van der Waals surface area contributed by atoms with Gasteiger partial charge in [0.1, 0.15) is 5.60 Å². The Labute approximate surface area is 134 Å². The third-order valence-corrected chi connectivity index (χ3v) is 3.38. The lowest BCUT2D eigenvalue weighted by atomic mass is 10.1. The molecule has 2 N–H and O–H groups in total. The summed E-state index contributed by atoms with van der Waals surface area (Å²) in [5.41, 5.74) is 1.53. The fourth-order valence-corrected chi connectivity index (χ4v) is 1.90. The van der Waals surface area contributed by atoms with E-state index in [2.05, 4.69) is 24.5 Å². The standard InChI is InChI=1S/C18H30N2O2/c1-6-14(2)13-19-12-11-15-7-9-16(10-8-15)20-17(21)22-18(3,4)5/h7-10,14,19H,6,11-13H2,1-5H3,(H,20,21). The molecular formula is C18H30N2O2. The van der Waals surface area contributed by atoms with Crippen LogP contribution in [-0.2, 0) is 11.2 Å². The van der Waals surface area contributed by atoms with Crippen LogP contribution in [-0.4, -0.2) is 24.8 Å². The number of benzene rings is 1. The van der Waals surface area contributed by atoms with E-state index in [4.69, 9.17) is 4.74 Å². The molecule has 4 nitrogen and oxygen atoms in total. The Kier molecular flexibility index (Phi) is 7.39. The van der Waals surface area contributed by atoms with Gasteiger partial charge in [-0.1, -0.05) is 32.4 Å². The van der Waals surface area contributed by atoms with Gasteiger partial charge in [0.2, 0.25) is 0 Å². The van der Waals surface area contributed by atoms with E-state index in [9.17, 15) is 4.79 Å². The summed E-state index contributed by atoms with van der Waals surface area (Å²) >= 11 is 0. The predicted molar refractivity (Wildman–Crippen MR) is 92.3 cm³/mol. The first-order chi connectivity index (χ1) is 10.3. The van der Waals surface area contributed by atoms with Gasteiger partial charge in [-0.15, -0.1) is 0 Å². The highest BCUT2D eigenvalue weighted by atomic mass is 16.6. The summed E-state index contributed by atoms with van der Waals surface area (Å²) in [6, 6.07) is 7.90. The largest absolute Gasteiger partial charge is 0.444 e. The third kappa shape index (κ3) is 8.03. The SMILES string of the molecule is CCC(C)CNCCc1ccc(NC(=O)OC(C)(C)C)cc1. The minimum atomic E-state index is -0.481. The second kappa shape index (κ2) is 8.79. The van der Waals surface area contributed by atoms with E-state index in [1.54, 1.807) is 0 Å². The van der Waals surface area contributed by atoms with Crippen LogP contribution in [0.3, 0.4) is 0 Å². The van der Waals surface area contributed by atoms with Gasteiger partial charge >= 0.3 is 6.09 Å². The van der Waals surface area contributed by atoms with Gasteiger partial charge in [0.05, 0.1) is 0 Å². The van der Waals surface area contributed by atoms with E-state index < -0.39 is 11.7 Å². The fraction of sp³-hybridized carbons (Fsp3) is 0.611. The van der Waals surface area contributed by atoms with Crippen molar-refractivity contribution in [2.24, 2.45) is 5.92 Å². The molecule has 0 bridgehead atoms. The summed E-state index contributed by atoms with van der Waals surface area (Å²) in [6.45, 7) is 12.1. The van der Waals surface area contributed by atoms with E-state index in [0.29, 0.717) is 0 Å². The zero-order valence-corrected chi connectivity index (χ0v) is 14.5. The lowest BCUT2D eigenvalue weighted by Gasteiger charge is -2.19. The molecule has 0 fully saturated rings. The Hall–Kier alpha value is -1.55. The van der Waals surface area contributed by atoms with Crippen LogP contribution in [0.2, 0.25) is 0 Å². The smallest absolute Gasteiger partial charge is 0.412 e. The van der Waals surface area contributed by atoms with Crippen LogP contribution in [0, 0.1) is 5.92 Å². The molecule has 0 radical (unpaired) electrons. The van der Waals surface area contributed by atoms with Crippen molar-refractivity contribution < 1.29 is 9.53 Å². The Morgan fingerprint density at radius 2 is 1.86 bits per heavy atom. The molecule has 124 valence electrons. The van der Waals surface area contributed by atoms with E-state index in [1.165, 1.54) is 12.0 Å². The molecule has 1 aromatic carbocycles. The maximum Gasteiger partial charge on any atom is 0.412 e. The number of anilines is 1. The zero-order chi connectivity index (χ0) is 16.6. The number of carbonyl (C=O) groups excluding carboxylic acids is 1. The molecule has 0 aliphatic rings. The van der Waals surface area contributed by atoms with Crippen molar-refractivity contribution in [3.8, 4) is 0 Å². The summed E-state index contributed by atoms with van der Waals surface area (Å²) in [6.07, 6.45) is 1.77. The highest BCUT2D eigenvalue weighted by molar-refractivity contribution is 5.84. The van der Waals surface area contributed by atoms with Crippen molar-refractivity contribution in [2.45, 2.75) is 53.1 Å². The van der Waals surface area contributed by atoms with Crippen LogP contribution in [0.15, 0.2) is 24.3 Å². The topological polar surface area (TPSA) is 50.4 Å². The van der Waals surface area contributed by atoms with Crippen LogP contribution in [0.5, 0.6) is 0 Å². The summed E-state index contributed by atoms with van der Waals surface area (Å²) in [5, 5.41) is 6.21. The first-order valence-electron chi connectivity index (χ1n) is 8.10. The molecule has 0 saturated carbocycles. The molecule has 1 atom stereocenters. The molecule has 1 unspecified atom stereocenters. The predicted octanol–water partition coefficient (Wildman–Crippen LogP) is 4.21. The average molecular weight is 306 g/mol. The van der Waals surface area contributed by atoms with E-state index in [-0.39, 0.29) is 0 Å². The molecule has 0 aromatic heterocycles. The third-order valence-electron chi connectivity index (χ3n) is 3.38. The van der Waals surface area contributed by atoms with E-state index in [0.717, 1.165) is 31.1 Å². The number of hydrogen-bond acceptors (Lipinski definition) is 3. The molecular weight excluding hydrogens is 276 g/mol. The van der Waals surface area contributed by atoms with Crippen molar-refractivity contribution in [3.63, 3.8) is 0 Å². The Morgan fingerprint density at radius 1 is 1.23 bits per heavy atom. The van der Waals surface area contributed by atoms with Gasteiger partial charge in [-0.2, -0.15) is 0 Å². The van der Waals surface area contributed by atoms with Crippen LogP contribution in [0.1, 0.15) is 46.6 Å². The minimum Gasteiger partial charge on any atom is -0.444 e. The van der Waals surface area contributed by atoms with Gasteiger partial charge in [0.15, 0.2) is 0 Å². The van der Waals surface area contributed by atoms with E-state index in [1.807, 2.05) is 45.0 Å². The van der Waals surface area contributed by atoms with Gasteiger partial charge in [-0.05, 0) is 63.9 Å². The molecule has 0 spiro atoms. The first-order valence-corrected chi connectivity index (χ1v) is 8.10. The molecule has 0 heterocycles. The lowest BCUT2D eigenvalue weighted by Crippen LogP contribution is -2.27. The van der Waals surface area contributed by atoms with Gasteiger partial charge in [0.25, 0.3) is 0 Å². The molecule has 1 aromatic rings. The second-order valence-corrected chi connectivity index (χ2v) is 6.79. The Morgan fingerprint density at radius 3 is 2.41 bits per heavy atom. The zero-order valence-electron chi connectivity index (χ0n) is 14.5. The summed E-state index contributed by atoms with van der Waals surface area (Å²) in [7, 11) is 0. The molecule has 0 aliphatic carbocycles. The van der Waals surface area contributed by atoms with Crippen molar-refractivity contribution in [2.75, 3.05) is 18.4 Å². The average Bonchev–Trinajstić information content (AvgIpc) is 2.43. The van der Waals surface area contributed by atoms with Crippen LogP contribution in [0.4, 0.5) is 10.5 Å². The normalized spacial score (nSPS) is 12.8. The van der Waals surface area contributed by atoms with E-state index >= 15 is 0 Å². The Bertz CT molecular complexity index is 449. The van der Waals surface area contributed by atoms with Gasteiger partial charge in [-0.3, -0.25) is 5.32 Å². The quantitative estimate of drug-likeness (QED) is 0.742. The second-order valence-electron chi connectivity index (χ2n) is 6.79. The van der Waals surface area contributed by atoms with Crippen LogP contribution in [0.25, 0.3) is 0 Å². The number of hydrogen-bond donors (Lipinski definition) is 2. The monoisotopic (exact) mass is 306 g/mol. The number of rotatable bonds is 7. The van der Waals surface area contributed by atoms with Gasteiger partial charge < -0.3 is 10.1 Å². The molecule has 22 heavy (non-hydrogen) atoms. The molecule has 1 rings (SSSR count).